The molecule has 0 aliphatic carbocycles. The van der Waals surface area contributed by atoms with Crippen LogP contribution >= 0.6 is 0 Å². The number of carbonyl (C=O) groups excluding carboxylic acids is 2. The van der Waals surface area contributed by atoms with Crippen molar-refractivity contribution in [1.82, 2.24) is 0 Å². The molecule has 2 rings (SSSR count). The predicted octanol–water partition coefficient (Wildman–Crippen LogP) is 6.38. The molecule has 0 saturated carbocycles. The van der Waals surface area contributed by atoms with E-state index in [1.807, 2.05) is 0 Å². The largest absolute Gasteiger partial charge is 0.462 e. The maximum atomic E-state index is 13.0. The highest BCUT2D eigenvalue weighted by Crippen LogP contribution is 2.26. The summed E-state index contributed by atoms with van der Waals surface area (Å²) in [6.07, 6.45) is 19.3. The monoisotopic (exact) mass is 917 g/mol. The molecule has 0 amide bonds. The molecule has 0 spiro atoms. The number of esters is 2. The molecule has 0 aromatic carbocycles. The van der Waals surface area contributed by atoms with Crippen molar-refractivity contribution in [2.75, 3.05) is 26.4 Å². The van der Waals surface area contributed by atoms with E-state index >= 15 is 0 Å². The van der Waals surface area contributed by atoms with Gasteiger partial charge in [0.05, 0.1) is 19.8 Å². The van der Waals surface area contributed by atoms with Crippen molar-refractivity contribution < 1.29 is 73.8 Å². The predicted molar refractivity (Wildman–Crippen MR) is 243 cm³/mol. The Hall–Kier alpha value is -2.02. The third-order valence-electron chi connectivity index (χ3n) is 11.9. The Morgan fingerprint density at radius 3 is 1.42 bits per heavy atom. The Balaban J connectivity index is 1.84. The third-order valence-corrected chi connectivity index (χ3v) is 11.9. The van der Waals surface area contributed by atoms with Crippen molar-refractivity contribution in [3.63, 3.8) is 0 Å². The van der Waals surface area contributed by atoms with E-state index in [-0.39, 0.29) is 19.4 Å². The smallest absolute Gasteiger partial charge is 0.306 e. The number of hydrogen-bond acceptors (Lipinski definition) is 15. The molecule has 15 nitrogen and oxygen atoms in total. The number of aliphatic hydroxyl groups excluding tert-OH is 7. The van der Waals surface area contributed by atoms with Gasteiger partial charge in [-0.1, -0.05) is 128 Å². The van der Waals surface area contributed by atoms with Crippen LogP contribution < -0.4 is 0 Å². The van der Waals surface area contributed by atoms with E-state index in [4.69, 9.17) is 28.4 Å². The number of rotatable bonds is 38. The van der Waals surface area contributed by atoms with E-state index in [0.29, 0.717) is 12.8 Å². The van der Waals surface area contributed by atoms with Crippen LogP contribution in [0.3, 0.4) is 0 Å². The molecule has 0 aromatic heterocycles. The van der Waals surface area contributed by atoms with Gasteiger partial charge in [-0.3, -0.25) is 9.59 Å². The van der Waals surface area contributed by atoms with Gasteiger partial charge in [-0.2, -0.15) is 0 Å². The van der Waals surface area contributed by atoms with Crippen LogP contribution in [0.4, 0.5) is 0 Å². The van der Waals surface area contributed by atoms with Gasteiger partial charge in [0, 0.05) is 12.8 Å². The molecule has 64 heavy (non-hydrogen) atoms. The minimum atomic E-state index is -1.77. The highest BCUT2D eigenvalue weighted by atomic mass is 16.7. The van der Waals surface area contributed by atoms with E-state index in [2.05, 4.69) is 38.2 Å². The summed E-state index contributed by atoms with van der Waals surface area (Å²) in [6, 6.07) is 0. The molecule has 2 aliphatic rings. The molecular formula is C49H88O15. The van der Waals surface area contributed by atoms with E-state index in [0.717, 1.165) is 57.8 Å². The van der Waals surface area contributed by atoms with Crippen LogP contribution in [-0.4, -0.2) is 142 Å². The number of unbranched alkanes of at least 4 members (excludes halogenated alkanes) is 20. The molecule has 2 aliphatic heterocycles. The molecule has 2 fully saturated rings. The van der Waals surface area contributed by atoms with Crippen molar-refractivity contribution in [2.24, 2.45) is 0 Å². The zero-order valence-corrected chi connectivity index (χ0v) is 39.3. The minimum Gasteiger partial charge on any atom is -0.462 e. The zero-order valence-electron chi connectivity index (χ0n) is 39.3. The Morgan fingerprint density at radius 1 is 0.484 bits per heavy atom. The summed E-state index contributed by atoms with van der Waals surface area (Å²) in [7, 11) is 0. The summed E-state index contributed by atoms with van der Waals surface area (Å²) in [5.41, 5.74) is 0. The maximum absolute atomic E-state index is 13.0. The van der Waals surface area contributed by atoms with Crippen LogP contribution in [-0.2, 0) is 38.0 Å². The lowest BCUT2D eigenvalue weighted by molar-refractivity contribution is -0.332. The highest BCUT2D eigenvalue weighted by molar-refractivity contribution is 5.70. The lowest BCUT2D eigenvalue weighted by atomic mass is 9.98. The summed E-state index contributed by atoms with van der Waals surface area (Å²) in [5.74, 6) is -0.958. The van der Waals surface area contributed by atoms with Crippen LogP contribution in [0.25, 0.3) is 0 Å². The quantitative estimate of drug-likeness (QED) is 0.0203. The van der Waals surface area contributed by atoms with E-state index in [9.17, 15) is 45.3 Å². The van der Waals surface area contributed by atoms with Gasteiger partial charge >= 0.3 is 11.9 Å². The number of hydrogen-bond donors (Lipinski definition) is 7. The first-order valence-electron chi connectivity index (χ1n) is 24.9. The molecule has 15 heteroatoms. The lowest BCUT2D eigenvalue weighted by Gasteiger charge is -2.42. The van der Waals surface area contributed by atoms with Crippen molar-refractivity contribution in [3.05, 3.63) is 24.3 Å². The van der Waals surface area contributed by atoms with Crippen LogP contribution in [0, 0.1) is 0 Å². The first-order chi connectivity index (χ1) is 31.0. The average molecular weight is 917 g/mol. The van der Waals surface area contributed by atoms with Crippen LogP contribution in [0.15, 0.2) is 24.3 Å². The average Bonchev–Trinajstić information content (AvgIpc) is 3.29. The second kappa shape index (κ2) is 37.0. The summed E-state index contributed by atoms with van der Waals surface area (Å²) in [4.78, 5) is 25.7. The van der Waals surface area contributed by atoms with Gasteiger partial charge in [-0.25, -0.2) is 0 Å². The van der Waals surface area contributed by atoms with Crippen LogP contribution in [0.2, 0.25) is 0 Å². The van der Waals surface area contributed by atoms with Gasteiger partial charge < -0.3 is 64.2 Å². The van der Waals surface area contributed by atoms with Crippen LogP contribution in [0.5, 0.6) is 0 Å². The van der Waals surface area contributed by atoms with Crippen molar-refractivity contribution >= 4 is 11.9 Å². The molecule has 2 saturated heterocycles. The Labute approximate surface area is 383 Å². The molecule has 0 radical (unpaired) electrons. The molecular weight excluding hydrogens is 829 g/mol. The molecule has 0 bridgehead atoms. The molecule has 2 heterocycles. The fourth-order valence-electron chi connectivity index (χ4n) is 7.73. The van der Waals surface area contributed by atoms with Crippen molar-refractivity contribution in [3.8, 4) is 0 Å². The van der Waals surface area contributed by atoms with E-state index in [1.165, 1.54) is 83.5 Å². The van der Waals surface area contributed by atoms with Crippen LogP contribution in [0.1, 0.15) is 181 Å². The maximum Gasteiger partial charge on any atom is 0.306 e. The van der Waals surface area contributed by atoms with Crippen molar-refractivity contribution in [1.29, 1.82) is 0 Å². The lowest BCUT2D eigenvalue weighted by Crippen LogP contribution is -2.61. The van der Waals surface area contributed by atoms with Gasteiger partial charge in [0.1, 0.15) is 55.4 Å². The summed E-state index contributed by atoms with van der Waals surface area (Å²) in [6.45, 7) is 2.54. The Morgan fingerprint density at radius 2 is 0.891 bits per heavy atom. The summed E-state index contributed by atoms with van der Waals surface area (Å²) < 4.78 is 33.5. The molecule has 4 unspecified atom stereocenters. The Kier molecular flexibility index (Phi) is 33.6. The second-order valence-corrected chi connectivity index (χ2v) is 17.6. The second-order valence-electron chi connectivity index (χ2n) is 17.6. The van der Waals surface area contributed by atoms with Gasteiger partial charge in [0.25, 0.3) is 0 Å². The topological polar surface area (TPSA) is 231 Å². The minimum absolute atomic E-state index is 0.135. The van der Waals surface area contributed by atoms with Gasteiger partial charge in [0.15, 0.2) is 18.7 Å². The van der Waals surface area contributed by atoms with Gasteiger partial charge in [-0.15, -0.1) is 0 Å². The molecule has 374 valence electrons. The number of carbonyl (C=O) groups is 2. The van der Waals surface area contributed by atoms with E-state index in [1.54, 1.807) is 0 Å². The van der Waals surface area contributed by atoms with Gasteiger partial charge in [-0.05, 0) is 64.2 Å². The summed E-state index contributed by atoms with van der Waals surface area (Å²) >= 11 is 0. The zero-order chi connectivity index (χ0) is 46.8. The van der Waals surface area contributed by atoms with Crippen molar-refractivity contribution in [2.45, 2.75) is 248 Å². The standard InChI is InChI=1S/C49H88O15/c1-3-5-7-9-11-13-15-17-18-20-22-24-26-28-30-32-41(52)62-37(34-59-40(51)31-29-27-25-23-21-19-16-14-12-10-8-6-4-2)35-60-48-47(58)45(56)43(54)39(64-48)36-61-49-46(57)44(55)42(53)38(33-50)63-49/h14,16,22,24,37-39,42-50,53-58H,3-13,15,17-21,23,25-36H2,1-2H3/b16-14+,24-22+/t37-,38-,39-,42+,43+,44?,45?,46?,47?,48-,49-/m1/s1. The first kappa shape index (κ1) is 58.1. The first-order valence-corrected chi connectivity index (χ1v) is 24.9. The number of aliphatic hydroxyl groups is 7. The molecule has 7 N–H and O–H groups in total. The van der Waals surface area contributed by atoms with Gasteiger partial charge in [0.2, 0.25) is 0 Å². The van der Waals surface area contributed by atoms with E-state index < -0.39 is 99.3 Å². The number of ether oxygens (including phenoxy) is 6. The molecule has 0 aromatic rings. The normalized spacial score (nSPS) is 26.8. The fourth-order valence-corrected chi connectivity index (χ4v) is 7.73. The Bertz CT molecular complexity index is 1220. The molecule has 11 atom stereocenters. The third kappa shape index (κ3) is 25.2. The number of allylic oxidation sites excluding steroid dienone is 4. The summed E-state index contributed by atoms with van der Waals surface area (Å²) in [5, 5.41) is 72.0. The SMILES string of the molecule is CCCCCC/C=C/CCCCCCCC(=O)OC[C@H](CO[C@@H]1O[C@H](CO[C@@H]2O[C@H](CO)[C@H](O)C(O)C2O)[C@H](O)C(O)C1O)OC(=O)CCCC/C=C/CCCCCCCCCCC. The fraction of sp³-hybridized carbons (Fsp3) is 0.878. The highest BCUT2D eigenvalue weighted by Gasteiger charge is 2.47.